The minimum atomic E-state index is -0.887. The van der Waals surface area contributed by atoms with E-state index in [9.17, 15) is 38.7 Å². The molecule has 392 valence electrons. The minimum absolute atomic E-state index is 0.120. The third-order valence-corrected chi connectivity index (χ3v) is 13.8. The second-order valence-electron chi connectivity index (χ2n) is 20.7. The van der Waals surface area contributed by atoms with Crippen molar-refractivity contribution >= 4 is 59.0 Å². The van der Waals surface area contributed by atoms with E-state index in [1.807, 2.05) is 114 Å². The number of anilines is 2. The van der Waals surface area contributed by atoms with Crippen molar-refractivity contribution in [3.8, 4) is 0 Å². The van der Waals surface area contributed by atoms with Gasteiger partial charge in [0.05, 0.1) is 45.8 Å². The number of amides is 6. The normalized spacial score (nSPS) is 23.0. The average Bonchev–Trinajstić information content (AvgIpc) is 3.65. The van der Waals surface area contributed by atoms with Crippen LogP contribution in [0.2, 0.25) is 0 Å². The molecule has 3 aliphatic rings. The number of nitrogens with one attached hydrogen (secondary N) is 3. The molecule has 1 saturated heterocycles. The van der Waals surface area contributed by atoms with Crippen LogP contribution in [0.15, 0.2) is 78.4 Å². The third-order valence-electron chi connectivity index (χ3n) is 13.8. The van der Waals surface area contributed by atoms with Gasteiger partial charge in [-0.2, -0.15) is 0 Å². The predicted molar refractivity (Wildman–Crippen MR) is 277 cm³/mol. The Morgan fingerprint density at radius 3 is 2.24 bits per heavy atom. The van der Waals surface area contributed by atoms with Gasteiger partial charge in [0.1, 0.15) is 30.8 Å². The Morgan fingerprint density at radius 1 is 0.903 bits per heavy atom. The number of carbonyl (C=O) groups is 7. The van der Waals surface area contributed by atoms with Crippen molar-refractivity contribution in [2.24, 2.45) is 17.8 Å². The molecule has 0 radical (unpaired) electrons. The van der Waals surface area contributed by atoms with Crippen LogP contribution in [0.1, 0.15) is 97.6 Å². The van der Waals surface area contributed by atoms with Crippen molar-refractivity contribution in [1.29, 1.82) is 0 Å². The average molecular weight is 997 g/mol. The molecule has 3 aliphatic heterocycles. The molecule has 2 aromatic rings. The van der Waals surface area contributed by atoms with Gasteiger partial charge in [0.2, 0.25) is 17.7 Å². The van der Waals surface area contributed by atoms with Crippen molar-refractivity contribution in [2.45, 2.75) is 123 Å². The highest BCUT2D eigenvalue weighted by molar-refractivity contribution is 6.12. The zero-order chi connectivity index (χ0) is 52.7. The fourth-order valence-corrected chi connectivity index (χ4v) is 9.08. The van der Waals surface area contributed by atoms with Gasteiger partial charge in [-0.05, 0) is 92.8 Å². The van der Waals surface area contributed by atoms with Crippen LogP contribution in [0.3, 0.4) is 0 Å². The number of ether oxygens (including phenoxy) is 2. The van der Waals surface area contributed by atoms with Crippen LogP contribution < -0.4 is 20.9 Å². The molecule has 1 fully saturated rings. The number of carbonyl (C=O) groups excluding carboxylic acids is 7. The quantitative estimate of drug-likeness (QED) is 0.0450. The van der Waals surface area contributed by atoms with Gasteiger partial charge in [-0.25, -0.2) is 4.79 Å². The third kappa shape index (κ3) is 16.9. The van der Waals surface area contributed by atoms with Gasteiger partial charge in [-0.15, -0.1) is 0 Å². The highest BCUT2D eigenvalue weighted by Gasteiger charge is 2.34. The minimum Gasteiger partial charge on any atom is -0.457 e. The van der Waals surface area contributed by atoms with E-state index >= 15 is 0 Å². The topological polar surface area (TPSA) is 204 Å². The second-order valence-corrected chi connectivity index (χ2v) is 20.7. The summed E-state index contributed by atoms with van der Waals surface area (Å²) in [6.45, 7) is 14.5. The van der Waals surface area contributed by atoms with Crippen LogP contribution in [0.4, 0.5) is 16.2 Å². The Morgan fingerprint density at radius 2 is 1.58 bits per heavy atom. The van der Waals surface area contributed by atoms with E-state index in [1.54, 1.807) is 11.8 Å². The van der Waals surface area contributed by atoms with Crippen molar-refractivity contribution in [3.63, 3.8) is 0 Å². The molecule has 17 nitrogen and oxygen atoms in total. The number of hydrogen-bond donors (Lipinski definition) is 4. The molecule has 4 N–H and O–H groups in total. The maximum Gasteiger partial charge on any atom is 0.410 e. The number of benzene rings is 2. The Balaban J connectivity index is 1.09. The summed E-state index contributed by atoms with van der Waals surface area (Å²) in [4.78, 5) is 94.4. The van der Waals surface area contributed by atoms with Crippen molar-refractivity contribution in [3.05, 3.63) is 89.5 Å². The van der Waals surface area contributed by atoms with Crippen molar-refractivity contribution in [2.75, 3.05) is 64.1 Å². The highest BCUT2D eigenvalue weighted by atomic mass is 16.6. The first-order valence-corrected chi connectivity index (χ1v) is 25.4. The van der Waals surface area contributed by atoms with Gasteiger partial charge in [-0.1, -0.05) is 70.5 Å². The number of unbranched alkanes of at least 4 members (excludes halogenated alkanes) is 2. The van der Waals surface area contributed by atoms with Gasteiger partial charge in [0, 0.05) is 62.1 Å². The lowest BCUT2D eigenvalue weighted by Gasteiger charge is -2.42. The number of piperazine rings is 1. The molecule has 0 unspecified atom stereocenters. The Kier molecular flexibility index (Phi) is 20.7. The van der Waals surface area contributed by atoms with Gasteiger partial charge in [0.25, 0.3) is 11.8 Å². The smallest absolute Gasteiger partial charge is 0.410 e. The molecule has 7 atom stereocenters. The van der Waals surface area contributed by atoms with Gasteiger partial charge in [-0.3, -0.25) is 38.6 Å². The Bertz CT molecular complexity index is 2300. The second kappa shape index (κ2) is 26.4. The standard InChI is InChI=1S/C55H77N7O10/c1-36(2)51(58-47(64)16-11-10-12-27-61-48(65)25-26-49(61)66)54(69)56-40(6)53(68)57-43-21-19-41(20-22-43)35-62(9)30-28-60(29-31-62)55(70)71-46-24-18-38(4)52(72-50(67)34-45(63)23-17-37(46)3)39(5)32-42-14-13-15-44(33-42)59(7)8/h13-15,18-22,24-26,32-33,36-38,40,45-46,51-52,63H,10-12,16-17,23,27-31,34-35H2,1-9H3,(H2-,56,57,58,64,68,69)/p+1/b24-18+,39-32+/t37-,38-,40-,45+,46-,51-,52-/m0/s1. The number of likely N-dealkylation sites (N-methyl/N-ethyl adjacent to an activating group) is 1. The number of aliphatic hydroxyl groups excluding tert-OH is 1. The van der Waals surface area contributed by atoms with E-state index in [4.69, 9.17) is 9.47 Å². The van der Waals surface area contributed by atoms with Crippen LogP contribution in [-0.4, -0.2) is 145 Å². The van der Waals surface area contributed by atoms with Crippen LogP contribution in [0.25, 0.3) is 6.08 Å². The van der Waals surface area contributed by atoms with Crippen molar-refractivity contribution in [1.82, 2.24) is 20.4 Å². The number of esters is 1. The zero-order valence-electron chi connectivity index (χ0n) is 43.7. The highest BCUT2D eigenvalue weighted by Crippen LogP contribution is 2.27. The van der Waals surface area contributed by atoms with Crippen LogP contribution >= 0.6 is 0 Å². The lowest BCUT2D eigenvalue weighted by molar-refractivity contribution is -0.926. The maximum absolute atomic E-state index is 13.8. The number of aliphatic hydroxyl groups is 1. The molecule has 6 amide bonds. The van der Waals surface area contributed by atoms with Crippen LogP contribution in [0.5, 0.6) is 0 Å². The first-order valence-electron chi connectivity index (χ1n) is 25.4. The molecule has 17 heteroatoms. The summed E-state index contributed by atoms with van der Waals surface area (Å²) in [6.07, 6.45) is 8.61. The number of hydrogen-bond acceptors (Lipinski definition) is 11. The number of imide groups is 1. The summed E-state index contributed by atoms with van der Waals surface area (Å²) in [5, 5.41) is 19.2. The molecule has 0 bridgehead atoms. The molecular formula is C55H78N7O10+. The van der Waals surface area contributed by atoms with Crippen LogP contribution in [0, 0.1) is 17.8 Å². The SMILES string of the molecule is C/C(=C\c1cccc(N(C)C)c1)[C@H]1OC(=O)C[C@H](O)CC[C@H](C)[C@@H](OC(=O)N2CC[N+](C)(Cc3ccc(NC(=O)[C@H](C)NC(=O)[C@@H](NC(=O)CCCCCN4C(=O)C=CC4=O)C(C)C)cc3)CC2)/C=C/[C@@H]1C. The fraction of sp³-hybridized carbons (Fsp3) is 0.545. The van der Waals surface area contributed by atoms with E-state index in [0.29, 0.717) is 81.5 Å². The summed E-state index contributed by atoms with van der Waals surface area (Å²) in [5.74, 6) is -2.91. The van der Waals surface area contributed by atoms with Gasteiger partial charge >= 0.3 is 12.1 Å². The molecule has 5 rings (SSSR count). The van der Waals surface area contributed by atoms with Gasteiger partial charge in [0.15, 0.2) is 0 Å². The zero-order valence-corrected chi connectivity index (χ0v) is 43.7. The summed E-state index contributed by atoms with van der Waals surface area (Å²) >= 11 is 0. The Labute approximate surface area is 425 Å². The summed E-state index contributed by atoms with van der Waals surface area (Å²) in [7, 11) is 6.11. The number of quaternary nitrogens is 1. The molecule has 0 saturated carbocycles. The number of nitrogens with zero attached hydrogens (tertiary/aromatic N) is 4. The monoisotopic (exact) mass is 997 g/mol. The van der Waals surface area contributed by atoms with E-state index < -0.39 is 54.3 Å². The molecule has 0 aromatic heterocycles. The lowest BCUT2D eigenvalue weighted by Crippen LogP contribution is -2.58. The molecule has 0 spiro atoms. The molecule has 3 heterocycles. The Hall–Kier alpha value is -6.33. The van der Waals surface area contributed by atoms with E-state index in [1.165, 1.54) is 17.1 Å². The molecule has 2 aromatic carbocycles. The van der Waals surface area contributed by atoms with Crippen molar-refractivity contribution < 1.29 is 52.6 Å². The van der Waals surface area contributed by atoms with Crippen LogP contribution in [-0.2, 0) is 44.8 Å². The largest absolute Gasteiger partial charge is 0.457 e. The summed E-state index contributed by atoms with van der Waals surface area (Å²) in [6, 6.07) is 13.9. The molecule has 0 aliphatic carbocycles. The molecule has 72 heavy (non-hydrogen) atoms. The maximum atomic E-state index is 13.8. The first kappa shape index (κ1) is 56.6. The fourth-order valence-electron chi connectivity index (χ4n) is 9.08. The van der Waals surface area contributed by atoms with E-state index in [2.05, 4.69) is 29.1 Å². The number of rotatable bonds is 18. The summed E-state index contributed by atoms with van der Waals surface area (Å²) in [5.41, 5.74) is 4.49. The predicted octanol–water partition coefficient (Wildman–Crippen LogP) is 5.98. The first-order chi connectivity index (χ1) is 34.1. The number of cyclic esters (lactones) is 1. The lowest BCUT2D eigenvalue weighted by atomic mass is 9.91. The summed E-state index contributed by atoms with van der Waals surface area (Å²) < 4.78 is 12.9. The van der Waals surface area contributed by atoms with E-state index in [0.717, 1.165) is 22.4 Å². The van der Waals surface area contributed by atoms with Gasteiger partial charge < -0.3 is 39.9 Å². The van der Waals surface area contributed by atoms with E-state index in [-0.39, 0.29) is 48.3 Å². The molecular weight excluding hydrogens is 919 g/mol.